The number of hydrogen-bond donors (Lipinski definition) is 0. The summed E-state index contributed by atoms with van der Waals surface area (Å²) in [7, 11) is 0. The van der Waals surface area contributed by atoms with Gasteiger partial charge in [0.1, 0.15) is 0 Å². The molecule has 2 saturated heterocycles. The fraction of sp³-hybridized carbons (Fsp3) is 0.875. The number of rotatable bonds is 6. The summed E-state index contributed by atoms with van der Waals surface area (Å²) in [5.41, 5.74) is 0. The van der Waals surface area contributed by atoms with E-state index in [1.54, 1.807) is 0 Å². The van der Waals surface area contributed by atoms with Crippen LogP contribution in [0.4, 0.5) is 0 Å². The zero-order valence-corrected chi connectivity index (χ0v) is 12.8. The van der Waals surface area contributed by atoms with E-state index < -0.39 is 0 Å². The van der Waals surface area contributed by atoms with Crippen LogP contribution in [0.1, 0.15) is 39.5 Å². The van der Waals surface area contributed by atoms with Gasteiger partial charge in [0.15, 0.2) is 12.6 Å². The van der Waals surface area contributed by atoms with Crippen LogP contribution in [0.3, 0.4) is 0 Å². The minimum Gasteiger partial charge on any atom is -0.352 e. The van der Waals surface area contributed by atoms with Gasteiger partial charge in [-0.15, -0.1) is 0 Å². The maximum Gasteiger partial charge on any atom is 0.157 e. The van der Waals surface area contributed by atoms with Crippen LogP contribution in [0, 0.1) is 11.8 Å². The molecular weight excluding hydrogens is 256 g/mol. The zero-order chi connectivity index (χ0) is 14.2. The van der Waals surface area contributed by atoms with Crippen molar-refractivity contribution in [2.75, 3.05) is 26.4 Å². The van der Waals surface area contributed by atoms with E-state index in [1.165, 1.54) is 0 Å². The minimum atomic E-state index is -0.0510. The maximum atomic E-state index is 5.74. The van der Waals surface area contributed by atoms with E-state index in [9.17, 15) is 0 Å². The van der Waals surface area contributed by atoms with Crippen LogP contribution in [0.15, 0.2) is 12.2 Å². The van der Waals surface area contributed by atoms with Gasteiger partial charge in [0.25, 0.3) is 0 Å². The third-order valence-corrected chi connectivity index (χ3v) is 3.83. The Morgan fingerprint density at radius 1 is 0.850 bits per heavy atom. The summed E-state index contributed by atoms with van der Waals surface area (Å²) in [4.78, 5) is 0. The summed E-state index contributed by atoms with van der Waals surface area (Å²) in [6, 6.07) is 0. The average molecular weight is 284 g/mol. The van der Waals surface area contributed by atoms with E-state index in [2.05, 4.69) is 19.1 Å². The quantitative estimate of drug-likeness (QED) is 0.702. The van der Waals surface area contributed by atoms with Crippen LogP contribution < -0.4 is 0 Å². The molecule has 2 rings (SSSR count). The molecule has 20 heavy (non-hydrogen) atoms. The van der Waals surface area contributed by atoms with Crippen molar-refractivity contribution in [1.82, 2.24) is 0 Å². The van der Waals surface area contributed by atoms with Crippen molar-refractivity contribution < 1.29 is 18.9 Å². The third-order valence-electron chi connectivity index (χ3n) is 3.83. The second kappa shape index (κ2) is 8.78. The molecule has 4 nitrogen and oxygen atoms in total. The topological polar surface area (TPSA) is 36.9 Å². The van der Waals surface area contributed by atoms with Crippen molar-refractivity contribution in [3.8, 4) is 0 Å². The summed E-state index contributed by atoms with van der Waals surface area (Å²) >= 11 is 0. The standard InChI is InChI=1S/C16H28O4/c1-3-5-13-9-19-16(20-10-13)8-7-14-11-17-15(6-4-2)18-12-14/h3,5,13-16H,4,6-12H2,1-2H3/b5-3-/t13-,14?,15?,16-. The molecule has 0 bridgehead atoms. The molecule has 0 spiro atoms. The predicted octanol–water partition coefficient (Wildman–Crippen LogP) is 3.12. The van der Waals surface area contributed by atoms with Crippen molar-refractivity contribution in [2.24, 2.45) is 11.8 Å². The number of allylic oxidation sites excluding steroid dienone is 1. The van der Waals surface area contributed by atoms with Crippen molar-refractivity contribution in [2.45, 2.75) is 52.1 Å². The van der Waals surface area contributed by atoms with Crippen molar-refractivity contribution >= 4 is 0 Å². The predicted molar refractivity (Wildman–Crippen MR) is 77.3 cm³/mol. The highest BCUT2D eigenvalue weighted by Gasteiger charge is 2.25. The van der Waals surface area contributed by atoms with Gasteiger partial charge in [0.2, 0.25) is 0 Å². The molecular formula is C16H28O4. The smallest absolute Gasteiger partial charge is 0.157 e. The maximum absolute atomic E-state index is 5.74. The monoisotopic (exact) mass is 284 g/mol. The first-order chi connectivity index (χ1) is 9.81. The van der Waals surface area contributed by atoms with Crippen LogP contribution in [-0.4, -0.2) is 39.0 Å². The van der Waals surface area contributed by atoms with E-state index in [1.807, 2.05) is 6.92 Å². The Bertz CT molecular complexity index is 276. The molecule has 2 heterocycles. The Morgan fingerprint density at radius 2 is 1.45 bits per heavy atom. The number of hydrogen-bond acceptors (Lipinski definition) is 4. The molecule has 0 amide bonds. The highest BCUT2D eigenvalue weighted by atomic mass is 16.7. The lowest BCUT2D eigenvalue weighted by atomic mass is 10.0. The van der Waals surface area contributed by atoms with Crippen LogP contribution in [0.25, 0.3) is 0 Å². The van der Waals surface area contributed by atoms with Gasteiger partial charge in [-0.25, -0.2) is 0 Å². The van der Waals surface area contributed by atoms with Crippen molar-refractivity contribution in [1.29, 1.82) is 0 Å². The van der Waals surface area contributed by atoms with Gasteiger partial charge in [-0.05, 0) is 26.2 Å². The van der Waals surface area contributed by atoms with E-state index in [0.29, 0.717) is 11.8 Å². The van der Waals surface area contributed by atoms with Gasteiger partial charge in [-0.2, -0.15) is 0 Å². The lowest BCUT2D eigenvalue weighted by Crippen LogP contribution is -2.34. The third kappa shape index (κ3) is 5.17. The molecule has 0 aromatic heterocycles. The lowest BCUT2D eigenvalue weighted by Gasteiger charge is -2.32. The molecule has 0 aromatic rings. The van der Waals surface area contributed by atoms with E-state index >= 15 is 0 Å². The molecule has 0 aromatic carbocycles. The summed E-state index contributed by atoms with van der Waals surface area (Å²) in [6.45, 7) is 7.33. The van der Waals surface area contributed by atoms with Gasteiger partial charge in [-0.3, -0.25) is 0 Å². The first-order valence-electron chi connectivity index (χ1n) is 7.91. The highest BCUT2D eigenvalue weighted by Crippen LogP contribution is 2.22. The zero-order valence-electron chi connectivity index (χ0n) is 12.8. The Balaban J connectivity index is 1.58. The lowest BCUT2D eigenvalue weighted by molar-refractivity contribution is -0.215. The molecule has 0 unspecified atom stereocenters. The molecule has 2 aliphatic heterocycles. The molecule has 0 saturated carbocycles. The molecule has 2 aliphatic rings. The highest BCUT2D eigenvalue weighted by molar-refractivity contribution is 4.86. The van der Waals surface area contributed by atoms with Crippen LogP contribution in [0.5, 0.6) is 0 Å². The molecule has 0 radical (unpaired) electrons. The van der Waals surface area contributed by atoms with Gasteiger partial charge >= 0.3 is 0 Å². The SMILES string of the molecule is C/C=C\[C@H]1CO[C@H](CCC2COC(CCC)OC2)OC1. The largest absolute Gasteiger partial charge is 0.352 e. The van der Waals surface area contributed by atoms with E-state index in [-0.39, 0.29) is 12.6 Å². The second-order valence-corrected chi connectivity index (χ2v) is 5.71. The van der Waals surface area contributed by atoms with Crippen LogP contribution in [0.2, 0.25) is 0 Å². The fourth-order valence-electron chi connectivity index (χ4n) is 2.63. The van der Waals surface area contributed by atoms with Gasteiger partial charge in [-0.1, -0.05) is 25.5 Å². The van der Waals surface area contributed by atoms with Gasteiger partial charge in [0, 0.05) is 11.8 Å². The van der Waals surface area contributed by atoms with Crippen LogP contribution >= 0.6 is 0 Å². The van der Waals surface area contributed by atoms with Gasteiger partial charge < -0.3 is 18.9 Å². The Morgan fingerprint density at radius 3 is 2.05 bits per heavy atom. The summed E-state index contributed by atoms with van der Waals surface area (Å²) < 4.78 is 22.9. The Hall–Kier alpha value is -0.420. The fourth-order valence-corrected chi connectivity index (χ4v) is 2.63. The molecule has 2 fully saturated rings. The molecule has 0 aliphatic carbocycles. The average Bonchev–Trinajstić information content (AvgIpc) is 2.49. The minimum absolute atomic E-state index is 0.0139. The van der Waals surface area contributed by atoms with Gasteiger partial charge in [0.05, 0.1) is 26.4 Å². The summed E-state index contributed by atoms with van der Waals surface area (Å²) in [6.07, 6.45) is 8.23. The van der Waals surface area contributed by atoms with E-state index in [0.717, 1.165) is 52.1 Å². The molecule has 0 atom stereocenters. The molecule has 0 N–H and O–H groups in total. The van der Waals surface area contributed by atoms with Crippen LogP contribution in [-0.2, 0) is 18.9 Å². The second-order valence-electron chi connectivity index (χ2n) is 5.71. The first kappa shape index (κ1) is 16.0. The Kier molecular flexibility index (Phi) is 7.00. The molecule has 4 heteroatoms. The summed E-state index contributed by atoms with van der Waals surface area (Å²) in [5, 5.41) is 0. The normalized spacial score (nSPS) is 35.5. The van der Waals surface area contributed by atoms with E-state index in [4.69, 9.17) is 18.9 Å². The summed E-state index contributed by atoms with van der Waals surface area (Å²) in [5.74, 6) is 0.885. The molecule has 116 valence electrons. The number of ether oxygens (including phenoxy) is 4. The van der Waals surface area contributed by atoms with Crippen molar-refractivity contribution in [3.05, 3.63) is 12.2 Å². The first-order valence-corrected chi connectivity index (χ1v) is 7.91. The van der Waals surface area contributed by atoms with Crippen molar-refractivity contribution in [3.63, 3.8) is 0 Å². The Labute approximate surface area is 122 Å².